The quantitative estimate of drug-likeness (QED) is 0.300. The number of benzene rings is 1. The van der Waals surface area contributed by atoms with Gasteiger partial charge in [-0.1, -0.05) is 93.2 Å². The molecule has 3 rings (SSSR count). The SMILES string of the molecule is CC(C)CCC1CCN(CC(C)C)CC1.CC(C)CCC1CCN(c2ccc(CC(C)C)cc2)CC1. The molecule has 1 aromatic rings. The number of hydrogen-bond donors (Lipinski definition) is 0. The van der Waals surface area contributed by atoms with Gasteiger partial charge in [0.15, 0.2) is 0 Å². The maximum atomic E-state index is 2.65. The summed E-state index contributed by atoms with van der Waals surface area (Å²) in [6, 6.07) is 9.29. The molecule has 0 aliphatic carbocycles. The molecule has 0 spiro atoms. The Hall–Kier alpha value is -1.02. The van der Waals surface area contributed by atoms with E-state index < -0.39 is 0 Å². The van der Waals surface area contributed by atoms with Crippen molar-refractivity contribution < 1.29 is 0 Å². The molecule has 0 aromatic heterocycles. The van der Waals surface area contributed by atoms with E-state index in [1.807, 2.05) is 0 Å². The Morgan fingerprint density at radius 2 is 1.08 bits per heavy atom. The molecule has 0 amide bonds. The van der Waals surface area contributed by atoms with Crippen molar-refractivity contribution in [1.29, 1.82) is 0 Å². The summed E-state index contributed by atoms with van der Waals surface area (Å²) in [5.74, 6) is 5.31. The first-order valence-corrected chi connectivity index (χ1v) is 15.7. The zero-order valence-electron chi connectivity index (χ0n) is 25.6. The average molecular weight is 499 g/mol. The normalized spacial score (nSPS) is 18.4. The van der Waals surface area contributed by atoms with Gasteiger partial charge in [0.25, 0.3) is 0 Å². The third-order valence-corrected chi connectivity index (χ3v) is 8.19. The lowest BCUT2D eigenvalue weighted by molar-refractivity contribution is 0.160. The van der Waals surface area contributed by atoms with Gasteiger partial charge < -0.3 is 9.80 Å². The molecule has 0 atom stereocenters. The number of rotatable bonds is 11. The Balaban J connectivity index is 0.000000269. The van der Waals surface area contributed by atoms with Gasteiger partial charge in [-0.3, -0.25) is 0 Å². The van der Waals surface area contributed by atoms with E-state index >= 15 is 0 Å². The molecule has 2 nitrogen and oxygen atoms in total. The average Bonchev–Trinajstić information content (AvgIpc) is 2.83. The Kier molecular flexibility index (Phi) is 14.5. The molecule has 208 valence electrons. The minimum absolute atomic E-state index is 0.743. The zero-order valence-corrected chi connectivity index (χ0v) is 25.6. The van der Waals surface area contributed by atoms with E-state index in [9.17, 15) is 0 Å². The first kappa shape index (κ1) is 31.2. The number of hydrogen-bond acceptors (Lipinski definition) is 2. The van der Waals surface area contributed by atoms with Gasteiger partial charge >= 0.3 is 0 Å². The van der Waals surface area contributed by atoms with Gasteiger partial charge in [0, 0.05) is 25.3 Å². The second kappa shape index (κ2) is 16.7. The minimum Gasteiger partial charge on any atom is -0.372 e. The van der Waals surface area contributed by atoms with E-state index in [1.165, 1.54) is 102 Å². The highest BCUT2D eigenvalue weighted by atomic mass is 15.1. The highest BCUT2D eigenvalue weighted by molar-refractivity contribution is 5.48. The van der Waals surface area contributed by atoms with E-state index in [2.05, 4.69) is 89.5 Å². The van der Waals surface area contributed by atoms with Crippen molar-refractivity contribution in [2.45, 2.75) is 113 Å². The third-order valence-electron chi connectivity index (χ3n) is 8.19. The summed E-state index contributed by atoms with van der Waals surface area (Å²) in [4.78, 5) is 5.22. The van der Waals surface area contributed by atoms with Crippen LogP contribution < -0.4 is 4.90 Å². The van der Waals surface area contributed by atoms with Crippen LogP contribution in [0, 0.1) is 35.5 Å². The van der Waals surface area contributed by atoms with Crippen LogP contribution in [0.4, 0.5) is 5.69 Å². The molecule has 2 fully saturated rings. The molecule has 0 radical (unpaired) electrons. The van der Waals surface area contributed by atoms with Crippen molar-refractivity contribution in [2.75, 3.05) is 37.6 Å². The predicted octanol–water partition coefficient (Wildman–Crippen LogP) is 9.33. The van der Waals surface area contributed by atoms with E-state index in [1.54, 1.807) is 0 Å². The summed E-state index contributed by atoms with van der Waals surface area (Å²) in [6.07, 6.45) is 12.5. The van der Waals surface area contributed by atoms with Crippen LogP contribution in [0.2, 0.25) is 0 Å². The van der Waals surface area contributed by atoms with E-state index in [-0.39, 0.29) is 0 Å². The highest BCUT2D eigenvalue weighted by Gasteiger charge is 2.20. The molecule has 0 N–H and O–H groups in total. The van der Waals surface area contributed by atoms with Crippen LogP contribution in [0.15, 0.2) is 24.3 Å². The second-order valence-corrected chi connectivity index (χ2v) is 13.8. The van der Waals surface area contributed by atoms with Crippen LogP contribution in [0.1, 0.15) is 112 Å². The van der Waals surface area contributed by atoms with E-state index in [4.69, 9.17) is 0 Å². The van der Waals surface area contributed by atoms with Crippen molar-refractivity contribution in [2.24, 2.45) is 35.5 Å². The summed E-state index contributed by atoms with van der Waals surface area (Å²) in [5, 5.41) is 0. The van der Waals surface area contributed by atoms with Gasteiger partial charge in [-0.25, -0.2) is 0 Å². The smallest absolute Gasteiger partial charge is 0.0366 e. The molecule has 0 bridgehead atoms. The molecule has 2 aliphatic heterocycles. The van der Waals surface area contributed by atoms with Crippen LogP contribution >= 0.6 is 0 Å². The van der Waals surface area contributed by atoms with Crippen LogP contribution in [-0.4, -0.2) is 37.6 Å². The maximum absolute atomic E-state index is 2.65. The lowest BCUT2D eigenvalue weighted by Crippen LogP contribution is -2.36. The Morgan fingerprint density at radius 3 is 1.50 bits per heavy atom. The molecule has 2 saturated heterocycles. The number of anilines is 1. The molecule has 2 heterocycles. The second-order valence-electron chi connectivity index (χ2n) is 13.8. The molecule has 2 heteroatoms. The Bertz CT molecular complexity index is 659. The van der Waals surface area contributed by atoms with Gasteiger partial charge in [-0.15, -0.1) is 0 Å². The minimum atomic E-state index is 0.743. The van der Waals surface area contributed by atoms with Crippen molar-refractivity contribution in [3.8, 4) is 0 Å². The lowest BCUT2D eigenvalue weighted by Gasteiger charge is -2.34. The van der Waals surface area contributed by atoms with Gasteiger partial charge in [-0.05, 0) is 98.4 Å². The molecule has 2 aliphatic rings. The Labute approximate surface area is 226 Å². The van der Waals surface area contributed by atoms with E-state index in [0.717, 1.165) is 35.5 Å². The molecule has 0 unspecified atom stereocenters. The van der Waals surface area contributed by atoms with Gasteiger partial charge in [0.1, 0.15) is 0 Å². The zero-order chi connectivity index (χ0) is 26.5. The predicted molar refractivity (Wildman–Crippen MR) is 162 cm³/mol. The fourth-order valence-corrected chi connectivity index (χ4v) is 5.91. The number of likely N-dealkylation sites (tertiary alicyclic amines) is 1. The van der Waals surface area contributed by atoms with E-state index in [0.29, 0.717) is 0 Å². The fourth-order valence-electron chi connectivity index (χ4n) is 5.91. The number of piperidine rings is 2. The number of nitrogens with zero attached hydrogens (tertiary/aromatic N) is 2. The standard InChI is InChI=1S/C20H33N.C14H29N/c1-16(2)5-6-18-11-13-21(14-12-18)20-9-7-19(8-10-20)15-17(3)4;1-12(2)5-6-14-7-9-15(10-8-14)11-13(3)4/h7-10,16-18H,5-6,11-15H2,1-4H3;12-14H,5-11H2,1-4H3. The Morgan fingerprint density at radius 1 is 0.611 bits per heavy atom. The highest BCUT2D eigenvalue weighted by Crippen LogP contribution is 2.28. The van der Waals surface area contributed by atoms with Crippen LogP contribution in [-0.2, 0) is 6.42 Å². The monoisotopic (exact) mass is 498 g/mol. The van der Waals surface area contributed by atoms with Crippen LogP contribution in [0.25, 0.3) is 0 Å². The molecular formula is C34H62N2. The summed E-state index contributed by atoms with van der Waals surface area (Å²) >= 11 is 0. The fraction of sp³-hybridized carbons (Fsp3) is 0.824. The summed E-state index contributed by atoms with van der Waals surface area (Å²) in [6.45, 7) is 25.1. The first-order valence-electron chi connectivity index (χ1n) is 15.7. The maximum Gasteiger partial charge on any atom is 0.0366 e. The van der Waals surface area contributed by atoms with Gasteiger partial charge in [0.2, 0.25) is 0 Å². The molecule has 36 heavy (non-hydrogen) atoms. The van der Waals surface area contributed by atoms with Crippen molar-refractivity contribution in [3.05, 3.63) is 29.8 Å². The van der Waals surface area contributed by atoms with Crippen LogP contribution in [0.3, 0.4) is 0 Å². The summed E-state index contributed by atoms with van der Waals surface area (Å²) in [7, 11) is 0. The molecular weight excluding hydrogens is 436 g/mol. The van der Waals surface area contributed by atoms with Crippen molar-refractivity contribution >= 4 is 5.69 Å². The van der Waals surface area contributed by atoms with Crippen molar-refractivity contribution in [3.63, 3.8) is 0 Å². The molecule has 0 saturated carbocycles. The van der Waals surface area contributed by atoms with Crippen LogP contribution in [0.5, 0.6) is 0 Å². The van der Waals surface area contributed by atoms with Gasteiger partial charge in [-0.2, -0.15) is 0 Å². The largest absolute Gasteiger partial charge is 0.372 e. The topological polar surface area (TPSA) is 6.48 Å². The summed E-state index contributed by atoms with van der Waals surface area (Å²) in [5.41, 5.74) is 2.89. The summed E-state index contributed by atoms with van der Waals surface area (Å²) < 4.78 is 0. The first-order chi connectivity index (χ1) is 17.1. The van der Waals surface area contributed by atoms with Crippen molar-refractivity contribution in [1.82, 2.24) is 4.90 Å². The molecule has 1 aromatic carbocycles. The lowest BCUT2D eigenvalue weighted by atomic mass is 9.89. The third kappa shape index (κ3) is 13.0. The van der Waals surface area contributed by atoms with Gasteiger partial charge in [0.05, 0.1) is 0 Å².